The Kier molecular flexibility index (Phi) is 7.18. The van der Waals surface area contributed by atoms with E-state index in [1.165, 1.54) is 18.2 Å². The lowest BCUT2D eigenvalue weighted by molar-refractivity contribution is -0.132. The summed E-state index contributed by atoms with van der Waals surface area (Å²) in [5.41, 5.74) is 1.04. The number of thiazole rings is 1. The van der Waals surface area contributed by atoms with Gasteiger partial charge in [-0.25, -0.2) is 14.2 Å². The van der Waals surface area contributed by atoms with Gasteiger partial charge in [0.15, 0.2) is 5.13 Å². The summed E-state index contributed by atoms with van der Waals surface area (Å²) in [5, 5.41) is 11.2. The largest absolute Gasteiger partial charge is 0.507 e. The minimum Gasteiger partial charge on any atom is -0.507 e. The van der Waals surface area contributed by atoms with Crippen LogP contribution in [0.2, 0.25) is 0 Å². The number of carbonyl (C=O) groups excluding carboxylic acids is 3. The molecule has 0 aliphatic carbocycles. The number of ether oxygens (including phenoxy) is 1. The number of ketones is 1. The normalized spacial score (nSPS) is 16.9. The highest BCUT2D eigenvalue weighted by molar-refractivity contribution is 9.10. The molecule has 184 valence electrons. The molecule has 0 saturated carbocycles. The average molecular weight is 571 g/mol. The van der Waals surface area contributed by atoms with Gasteiger partial charge in [-0.3, -0.25) is 14.5 Å². The van der Waals surface area contributed by atoms with Crippen molar-refractivity contribution in [1.82, 2.24) is 4.98 Å². The first-order valence-corrected chi connectivity index (χ1v) is 12.3. The van der Waals surface area contributed by atoms with Gasteiger partial charge in [0.1, 0.15) is 23.1 Å². The molecule has 10 heteroatoms. The Bertz CT molecular complexity index is 1430. The third kappa shape index (κ3) is 4.61. The van der Waals surface area contributed by atoms with E-state index in [0.29, 0.717) is 16.8 Å². The molecule has 7 nitrogen and oxygen atoms in total. The van der Waals surface area contributed by atoms with E-state index in [2.05, 4.69) is 27.5 Å². The van der Waals surface area contributed by atoms with Gasteiger partial charge in [0, 0.05) is 10.0 Å². The van der Waals surface area contributed by atoms with E-state index in [4.69, 9.17) is 4.74 Å². The molecule has 1 aromatic heterocycles. The van der Waals surface area contributed by atoms with Crippen LogP contribution in [0.4, 0.5) is 9.52 Å². The number of nitrogens with zero attached hydrogens (tertiary/aromatic N) is 2. The molecule has 1 N–H and O–H groups in total. The van der Waals surface area contributed by atoms with E-state index in [1.807, 2.05) is 0 Å². The number of carbonyl (C=O) groups is 3. The molecule has 1 aliphatic rings. The minimum atomic E-state index is -1.06. The zero-order valence-corrected chi connectivity index (χ0v) is 21.7. The lowest BCUT2D eigenvalue weighted by Crippen LogP contribution is -2.29. The second-order valence-electron chi connectivity index (χ2n) is 7.98. The number of aromatic nitrogens is 1. The first-order chi connectivity index (χ1) is 17.1. The van der Waals surface area contributed by atoms with Crippen LogP contribution in [0.15, 0.2) is 65.2 Å². The molecule has 36 heavy (non-hydrogen) atoms. The van der Waals surface area contributed by atoms with E-state index in [9.17, 15) is 23.9 Å². The Labute approximate surface area is 218 Å². The van der Waals surface area contributed by atoms with Crippen molar-refractivity contribution in [3.05, 3.63) is 98.2 Å². The maximum atomic E-state index is 14.3. The van der Waals surface area contributed by atoms with E-state index in [-0.39, 0.29) is 27.8 Å². The lowest BCUT2D eigenvalue weighted by atomic mass is 9.95. The summed E-state index contributed by atoms with van der Waals surface area (Å²) in [6.07, 6.45) is 1.43. The van der Waals surface area contributed by atoms with Gasteiger partial charge in [0.2, 0.25) is 0 Å². The number of Topliss-reactive ketones (excluding diaryl/α,β-unsaturated/α-hetero) is 1. The fourth-order valence-corrected chi connectivity index (χ4v) is 5.01. The van der Waals surface area contributed by atoms with Crippen LogP contribution in [0.25, 0.3) is 5.76 Å². The number of esters is 1. The topological polar surface area (TPSA) is 96.8 Å². The smallest absolute Gasteiger partial charge is 0.350 e. The van der Waals surface area contributed by atoms with Crippen LogP contribution in [0.5, 0.6) is 0 Å². The molecule has 0 unspecified atom stereocenters. The summed E-state index contributed by atoms with van der Waals surface area (Å²) in [6.45, 7) is 6.67. The van der Waals surface area contributed by atoms with E-state index in [0.717, 1.165) is 26.8 Å². The molecular weight excluding hydrogens is 551 g/mol. The third-order valence-corrected chi connectivity index (χ3v) is 7.25. The highest BCUT2D eigenvalue weighted by Gasteiger charge is 2.48. The number of hydrogen-bond donors (Lipinski definition) is 1. The predicted molar refractivity (Wildman–Crippen MR) is 137 cm³/mol. The van der Waals surface area contributed by atoms with Crippen molar-refractivity contribution in [3.63, 3.8) is 0 Å². The molecule has 1 saturated heterocycles. The Hall–Kier alpha value is -3.63. The van der Waals surface area contributed by atoms with Gasteiger partial charge >= 0.3 is 11.9 Å². The molecule has 4 rings (SSSR count). The molecule has 0 radical (unpaired) electrons. The van der Waals surface area contributed by atoms with Crippen molar-refractivity contribution in [2.45, 2.75) is 19.9 Å². The Morgan fingerprint density at radius 2 is 1.94 bits per heavy atom. The quantitative estimate of drug-likeness (QED) is 0.136. The lowest BCUT2D eigenvalue weighted by Gasteiger charge is -2.23. The van der Waals surface area contributed by atoms with Crippen molar-refractivity contribution in [3.8, 4) is 0 Å². The van der Waals surface area contributed by atoms with Gasteiger partial charge in [-0.1, -0.05) is 64.2 Å². The van der Waals surface area contributed by atoms with Crippen LogP contribution in [-0.4, -0.2) is 34.4 Å². The number of amides is 1. The maximum Gasteiger partial charge on any atom is 0.350 e. The van der Waals surface area contributed by atoms with Gasteiger partial charge in [0.05, 0.1) is 17.3 Å². The Morgan fingerprint density at radius 3 is 2.58 bits per heavy atom. The van der Waals surface area contributed by atoms with Gasteiger partial charge in [-0.15, -0.1) is 0 Å². The number of hydrogen-bond acceptors (Lipinski definition) is 7. The van der Waals surface area contributed by atoms with Gasteiger partial charge in [0.25, 0.3) is 5.78 Å². The number of benzene rings is 2. The summed E-state index contributed by atoms with van der Waals surface area (Å²) < 4.78 is 20.1. The van der Waals surface area contributed by atoms with Gasteiger partial charge in [-0.05, 0) is 43.2 Å². The second-order valence-corrected chi connectivity index (χ2v) is 9.88. The van der Waals surface area contributed by atoms with Gasteiger partial charge in [-0.2, -0.15) is 0 Å². The molecule has 2 heterocycles. The van der Waals surface area contributed by atoms with Crippen LogP contribution in [0, 0.1) is 19.7 Å². The number of aliphatic hydroxyl groups excluding tert-OH is 1. The molecule has 2 aromatic carbocycles. The molecule has 0 spiro atoms. The standard InChI is InChI=1S/C26H20BrFN2O5S/c1-4-11-35-25(34)23-14(3)29-26(36-23)30-20(15-7-9-17(27)10-8-15)19(22(32)24(30)33)21(31)16-6-5-13(2)18(28)12-16/h4-10,12,20,31H,1,11H2,2-3H3/t20-/m1/s1. The number of halogens is 2. The summed E-state index contributed by atoms with van der Waals surface area (Å²) >= 11 is 4.26. The molecule has 1 aliphatic heterocycles. The van der Waals surface area contributed by atoms with Crippen molar-refractivity contribution in [2.24, 2.45) is 0 Å². The van der Waals surface area contributed by atoms with Crippen LogP contribution >= 0.6 is 27.3 Å². The van der Waals surface area contributed by atoms with Crippen LogP contribution < -0.4 is 4.90 Å². The molecular formula is C26H20BrFN2O5S. The zero-order chi connectivity index (χ0) is 26.1. The summed E-state index contributed by atoms with van der Waals surface area (Å²) in [5.74, 6) is -3.60. The van der Waals surface area contributed by atoms with Crippen LogP contribution in [0.3, 0.4) is 0 Å². The van der Waals surface area contributed by atoms with E-state index >= 15 is 0 Å². The summed E-state index contributed by atoms with van der Waals surface area (Å²) in [4.78, 5) is 44.6. The van der Waals surface area contributed by atoms with Crippen molar-refractivity contribution in [2.75, 3.05) is 11.5 Å². The Balaban J connectivity index is 1.89. The number of anilines is 1. The molecule has 1 fully saturated rings. The fraction of sp³-hybridized carbons (Fsp3) is 0.154. The minimum absolute atomic E-state index is 0.00201. The fourth-order valence-electron chi connectivity index (χ4n) is 3.76. The number of aryl methyl sites for hydroxylation is 2. The predicted octanol–water partition coefficient (Wildman–Crippen LogP) is 5.63. The highest BCUT2D eigenvalue weighted by Crippen LogP contribution is 2.44. The average Bonchev–Trinajstić information content (AvgIpc) is 3.36. The molecule has 0 bridgehead atoms. The third-order valence-electron chi connectivity index (χ3n) is 5.58. The van der Waals surface area contributed by atoms with Gasteiger partial charge < -0.3 is 9.84 Å². The molecule has 1 amide bonds. The summed E-state index contributed by atoms with van der Waals surface area (Å²) in [7, 11) is 0. The number of rotatable bonds is 6. The molecule has 1 atom stereocenters. The SMILES string of the molecule is C=CCOC(=O)c1sc(N2C(=O)C(=O)C(=C(O)c3ccc(C)c(F)c3)[C@H]2c2ccc(Br)cc2)nc1C. The van der Waals surface area contributed by atoms with E-state index < -0.39 is 35.3 Å². The van der Waals surface area contributed by atoms with Crippen LogP contribution in [0.1, 0.15) is 38.1 Å². The first-order valence-electron chi connectivity index (χ1n) is 10.7. The zero-order valence-electron chi connectivity index (χ0n) is 19.2. The van der Waals surface area contributed by atoms with Crippen LogP contribution in [-0.2, 0) is 14.3 Å². The maximum absolute atomic E-state index is 14.3. The summed E-state index contributed by atoms with van der Waals surface area (Å²) in [6, 6.07) is 9.83. The Morgan fingerprint density at radius 1 is 1.25 bits per heavy atom. The number of aliphatic hydroxyl groups is 1. The molecule has 3 aromatic rings. The van der Waals surface area contributed by atoms with Crippen molar-refractivity contribution >= 4 is 55.8 Å². The second kappa shape index (κ2) is 10.2. The highest BCUT2D eigenvalue weighted by atomic mass is 79.9. The van der Waals surface area contributed by atoms with Crippen molar-refractivity contribution in [1.29, 1.82) is 0 Å². The van der Waals surface area contributed by atoms with Crippen molar-refractivity contribution < 1.29 is 28.6 Å². The first kappa shape index (κ1) is 25.5. The monoisotopic (exact) mass is 570 g/mol. The van der Waals surface area contributed by atoms with E-state index in [1.54, 1.807) is 38.1 Å².